The lowest BCUT2D eigenvalue weighted by Gasteiger charge is -2.22. The van der Waals surface area contributed by atoms with Crippen molar-refractivity contribution in [2.45, 2.75) is 44.4 Å². The fourth-order valence-electron chi connectivity index (χ4n) is 3.01. The molecule has 2 fully saturated rings. The maximum atomic E-state index is 11.8. The summed E-state index contributed by atoms with van der Waals surface area (Å²) in [6, 6.07) is 5.48. The second-order valence-electron chi connectivity index (χ2n) is 5.38. The summed E-state index contributed by atoms with van der Waals surface area (Å²) in [7, 11) is 0. The largest absolute Gasteiger partial charge is 0.462 e. The predicted octanol–water partition coefficient (Wildman–Crippen LogP) is 2.18. The quantitative estimate of drug-likeness (QED) is 0.651. The molecule has 2 saturated heterocycles. The first kappa shape index (κ1) is 13.2. The lowest BCUT2D eigenvalue weighted by Crippen LogP contribution is -2.30. The highest BCUT2D eigenvalue weighted by molar-refractivity contribution is 5.92. The molecule has 0 aromatic heterocycles. The van der Waals surface area contributed by atoms with Crippen LogP contribution in [0.15, 0.2) is 18.2 Å². The van der Waals surface area contributed by atoms with E-state index in [0.717, 1.165) is 24.9 Å². The van der Waals surface area contributed by atoms with Crippen molar-refractivity contribution < 1.29 is 14.3 Å². The Labute approximate surface area is 118 Å². The molecule has 0 saturated carbocycles. The Morgan fingerprint density at radius 2 is 2.35 bits per heavy atom. The molecule has 5 nitrogen and oxygen atoms in total. The number of hydrogen-bond donors (Lipinski definition) is 2. The van der Waals surface area contributed by atoms with Gasteiger partial charge in [-0.2, -0.15) is 0 Å². The molecule has 3 atom stereocenters. The van der Waals surface area contributed by atoms with Gasteiger partial charge in [0.25, 0.3) is 0 Å². The average Bonchev–Trinajstić information content (AvgIpc) is 3.04. The normalized spacial score (nSPS) is 27.6. The summed E-state index contributed by atoms with van der Waals surface area (Å²) in [6.07, 6.45) is 3.91. The average molecular weight is 276 g/mol. The topological polar surface area (TPSA) is 73.6 Å². The molecule has 3 unspecified atom stereocenters. The molecule has 5 heteroatoms. The summed E-state index contributed by atoms with van der Waals surface area (Å²) in [5.41, 5.74) is 7.93. The highest BCUT2D eigenvalue weighted by Crippen LogP contribution is 2.36. The van der Waals surface area contributed by atoms with Crippen LogP contribution in [0.4, 0.5) is 11.4 Å². The molecule has 2 bridgehead atoms. The Kier molecular flexibility index (Phi) is 3.53. The van der Waals surface area contributed by atoms with E-state index >= 15 is 0 Å². The summed E-state index contributed by atoms with van der Waals surface area (Å²) in [5.74, 6) is -0.320. The fourth-order valence-corrected chi connectivity index (χ4v) is 3.01. The van der Waals surface area contributed by atoms with Crippen molar-refractivity contribution in [2.24, 2.45) is 0 Å². The Morgan fingerprint density at radius 1 is 1.50 bits per heavy atom. The number of anilines is 2. The number of rotatable bonds is 4. The maximum Gasteiger partial charge on any atom is 0.338 e. The smallest absolute Gasteiger partial charge is 0.338 e. The first-order chi connectivity index (χ1) is 9.67. The number of esters is 1. The summed E-state index contributed by atoms with van der Waals surface area (Å²) in [4.78, 5) is 11.8. The molecular weight excluding hydrogens is 256 g/mol. The molecule has 1 aromatic carbocycles. The highest BCUT2D eigenvalue weighted by atomic mass is 16.5. The summed E-state index contributed by atoms with van der Waals surface area (Å²) in [6.45, 7) is 2.16. The van der Waals surface area contributed by atoms with E-state index in [1.54, 1.807) is 25.1 Å². The highest BCUT2D eigenvalue weighted by Gasteiger charge is 2.40. The standard InChI is InChI=1S/C15H20N2O3/c1-2-19-15(18)9-3-5-11(16)12(7-9)17-13-8-10-4-6-14(13)20-10/h3,5,7,10,13-14,17H,2,4,6,8,16H2,1H3. The molecule has 108 valence electrons. The van der Waals surface area contributed by atoms with Gasteiger partial charge in [0.15, 0.2) is 0 Å². The molecular formula is C15H20N2O3. The molecule has 0 amide bonds. The third-order valence-electron chi connectivity index (χ3n) is 4.01. The number of ether oxygens (including phenoxy) is 2. The Morgan fingerprint density at radius 3 is 3.00 bits per heavy atom. The Balaban J connectivity index is 1.75. The molecule has 1 aromatic rings. The van der Waals surface area contributed by atoms with E-state index in [4.69, 9.17) is 15.2 Å². The molecule has 20 heavy (non-hydrogen) atoms. The summed E-state index contributed by atoms with van der Waals surface area (Å²) in [5, 5.41) is 3.42. The van der Waals surface area contributed by atoms with E-state index in [2.05, 4.69) is 5.32 Å². The third-order valence-corrected chi connectivity index (χ3v) is 4.01. The fraction of sp³-hybridized carbons (Fsp3) is 0.533. The van der Waals surface area contributed by atoms with Crippen molar-refractivity contribution in [1.29, 1.82) is 0 Å². The van der Waals surface area contributed by atoms with E-state index in [1.165, 1.54) is 0 Å². The van der Waals surface area contributed by atoms with Gasteiger partial charge in [0.2, 0.25) is 0 Å². The monoisotopic (exact) mass is 276 g/mol. The molecule has 0 radical (unpaired) electrons. The van der Waals surface area contributed by atoms with E-state index in [0.29, 0.717) is 24.0 Å². The van der Waals surface area contributed by atoms with Crippen molar-refractivity contribution in [3.05, 3.63) is 23.8 Å². The van der Waals surface area contributed by atoms with Crippen LogP contribution < -0.4 is 11.1 Å². The molecule has 0 aliphatic carbocycles. The Bertz CT molecular complexity index is 518. The third kappa shape index (κ3) is 2.45. The van der Waals surface area contributed by atoms with Crippen LogP contribution in [0.3, 0.4) is 0 Å². The predicted molar refractivity (Wildman–Crippen MR) is 76.7 cm³/mol. The molecule has 0 spiro atoms. The first-order valence-electron chi connectivity index (χ1n) is 7.16. The molecule has 2 aliphatic heterocycles. The van der Waals surface area contributed by atoms with Gasteiger partial charge in [-0.1, -0.05) is 0 Å². The van der Waals surface area contributed by atoms with Crippen LogP contribution in [0.5, 0.6) is 0 Å². The van der Waals surface area contributed by atoms with Gasteiger partial charge in [0.1, 0.15) is 0 Å². The molecule has 3 rings (SSSR count). The number of nitrogens with one attached hydrogen (secondary N) is 1. The molecule has 2 aliphatic rings. The summed E-state index contributed by atoms with van der Waals surface area (Å²) >= 11 is 0. The Hall–Kier alpha value is -1.75. The number of carbonyl (C=O) groups is 1. The van der Waals surface area contributed by atoms with Gasteiger partial charge in [0, 0.05) is 0 Å². The van der Waals surface area contributed by atoms with Crippen LogP contribution in [0.1, 0.15) is 36.5 Å². The second kappa shape index (κ2) is 5.32. The molecule has 2 heterocycles. The number of hydrogen-bond acceptors (Lipinski definition) is 5. The van der Waals surface area contributed by atoms with Crippen LogP contribution in [-0.2, 0) is 9.47 Å². The van der Waals surface area contributed by atoms with Gasteiger partial charge >= 0.3 is 5.97 Å². The van der Waals surface area contributed by atoms with Crippen molar-refractivity contribution in [3.8, 4) is 0 Å². The van der Waals surface area contributed by atoms with Gasteiger partial charge < -0.3 is 20.5 Å². The van der Waals surface area contributed by atoms with Crippen LogP contribution in [0.25, 0.3) is 0 Å². The van der Waals surface area contributed by atoms with E-state index in [9.17, 15) is 4.79 Å². The maximum absolute atomic E-state index is 11.8. The van der Waals surface area contributed by atoms with Crippen LogP contribution in [-0.4, -0.2) is 30.8 Å². The number of fused-ring (bicyclic) bond motifs is 2. The van der Waals surface area contributed by atoms with Crippen LogP contribution in [0, 0.1) is 0 Å². The van der Waals surface area contributed by atoms with E-state index in [-0.39, 0.29) is 18.1 Å². The zero-order valence-corrected chi connectivity index (χ0v) is 11.6. The minimum absolute atomic E-state index is 0.269. The SMILES string of the molecule is CCOC(=O)c1ccc(N)c(NC2CC3CCC2O3)c1. The van der Waals surface area contributed by atoms with Crippen molar-refractivity contribution in [3.63, 3.8) is 0 Å². The van der Waals surface area contributed by atoms with Crippen LogP contribution in [0.2, 0.25) is 0 Å². The second-order valence-corrected chi connectivity index (χ2v) is 5.38. The van der Waals surface area contributed by atoms with Gasteiger partial charge in [0.05, 0.1) is 41.8 Å². The molecule has 3 N–H and O–H groups in total. The van der Waals surface area contributed by atoms with Crippen molar-refractivity contribution >= 4 is 17.3 Å². The lowest BCUT2D eigenvalue weighted by atomic mass is 9.95. The zero-order chi connectivity index (χ0) is 14.1. The van der Waals surface area contributed by atoms with E-state index < -0.39 is 0 Å². The van der Waals surface area contributed by atoms with Crippen molar-refractivity contribution in [2.75, 3.05) is 17.7 Å². The number of carbonyl (C=O) groups excluding carboxylic acids is 1. The number of nitrogens with two attached hydrogens (primary N) is 1. The number of nitrogen functional groups attached to an aromatic ring is 1. The van der Waals surface area contributed by atoms with E-state index in [1.807, 2.05) is 0 Å². The van der Waals surface area contributed by atoms with Gasteiger partial charge in [-0.15, -0.1) is 0 Å². The lowest BCUT2D eigenvalue weighted by molar-refractivity contribution is 0.0526. The minimum Gasteiger partial charge on any atom is -0.462 e. The summed E-state index contributed by atoms with van der Waals surface area (Å²) < 4.78 is 10.8. The van der Waals surface area contributed by atoms with Gasteiger partial charge in [-0.05, 0) is 44.4 Å². The number of benzene rings is 1. The van der Waals surface area contributed by atoms with Crippen LogP contribution >= 0.6 is 0 Å². The van der Waals surface area contributed by atoms with Gasteiger partial charge in [-0.3, -0.25) is 0 Å². The first-order valence-corrected chi connectivity index (χ1v) is 7.16. The zero-order valence-electron chi connectivity index (χ0n) is 11.6. The van der Waals surface area contributed by atoms with Gasteiger partial charge in [-0.25, -0.2) is 4.79 Å². The minimum atomic E-state index is -0.320. The van der Waals surface area contributed by atoms with Crippen molar-refractivity contribution in [1.82, 2.24) is 0 Å².